The summed E-state index contributed by atoms with van der Waals surface area (Å²) >= 11 is 1.57. The first-order valence-electron chi connectivity index (χ1n) is 7.92. The van der Waals surface area contributed by atoms with Gasteiger partial charge in [-0.25, -0.2) is 0 Å². The van der Waals surface area contributed by atoms with Crippen LogP contribution in [-0.4, -0.2) is 30.9 Å². The first kappa shape index (κ1) is 13.7. The van der Waals surface area contributed by atoms with Crippen LogP contribution in [0, 0.1) is 0 Å². The molecular formula is C16H21NO3S. The molecule has 0 radical (unpaired) electrons. The average Bonchev–Trinajstić information content (AvgIpc) is 3.05. The summed E-state index contributed by atoms with van der Waals surface area (Å²) in [6.07, 6.45) is 6.12. The summed E-state index contributed by atoms with van der Waals surface area (Å²) in [6.45, 7) is 1.41. The fourth-order valence-corrected chi connectivity index (χ4v) is 4.35. The van der Waals surface area contributed by atoms with Crippen LogP contribution in [-0.2, 0) is 9.47 Å². The van der Waals surface area contributed by atoms with E-state index < -0.39 is 0 Å². The lowest BCUT2D eigenvalue weighted by Gasteiger charge is -2.35. The van der Waals surface area contributed by atoms with Gasteiger partial charge in [-0.05, 0) is 48.6 Å². The molecule has 1 aromatic heterocycles. The van der Waals surface area contributed by atoms with E-state index in [4.69, 9.17) is 9.47 Å². The van der Waals surface area contributed by atoms with Gasteiger partial charge in [0, 0.05) is 18.9 Å². The highest BCUT2D eigenvalue weighted by molar-refractivity contribution is 7.12. The van der Waals surface area contributed by atoms with Gasteiger partial charge >= 0.3 is 0 Å². The monoisotopic (exact) mass is 307 g/mol. The van der Waals surface area contributed by atoms with Crippen molar-refractivity contribution in [2.75, 3.05) is 13.2 Å². The molecule has 1 aromatic rings. The zero-order valence-electron chi connectivity index (χ0n) is 12.1. The van der Waals surface area contributed by atoms with Gasteiger partial charge in [0.15, 0.2) is 5.79 Å². The van der Waals surface area contributed by atoms with Crippen molar-refractivity contribution in [3.8, 4) is 0 Å². The lowest BCUT2D eigenvalue weighted by molar-refractivity contribution is -0.179. The second-order valence-corrected chi connectivity index (χ2v) is 7.25. The molecule has 1 saturated heterocycles. The Morgan fingerprint density at radius 1 is 1.19 bits per heavy atom. The Morgan fingerprint density at radius 3 is 2.57 bits per heavy atom. The Kier molecular flexibility index (Phi) is 3.52. The SMILES string of the molecule is O=C(NC1CCC2(CC1)OCCO2)c1sccc1C1CC1. The minimum atomic E-state index is -0.344. The average molecular weight is 307 g/mol. The van der Waals surface area contributed by atoms with Crippen LogP contribution in [0.5, 0.6) is 0 Å². The third-order valence-electron chi connectivity index (χ3n) is 4.82. The number of nitrogens with one attached hydrogen (secondary N) is 1. The van der Waals surface area contributed by atoms with Gasteiger partial charge in [-0.3, -0.25) is 4.79 Å². The zero-order valence-corrected chi connectivity index (χ0v) is 12.9. The van der Waals surface area contributed by atoms with E-state index >= 15 is 0 Å². The van der Waals surface area contributed by atoms with Gasteiger partial charge in [0.2, 0.25) is 0 Å². The number of ether oxygens (including phenoxy) is 2. The maximum atomic E-state index is 12.5. The van der Waals surface area contributed by atoms with Crippen LogP contribution in [0.3, 0.4) is 0 Å². The van der Waals surface area contributed by atoms with Crippen molar-refractivity contribution in [2.24, 2.45) is 0 Å². The minimum absolute atomic E-state index is 0.112. The van der Waals surface area contributed by atoms with Crippen molar-refractivity contribution in [1.29, 1.82) is 0 Å². The summed E-state index contributed by atoms with van der Waals surface area (Å²) in [5.74, 6) is 0.400. The highest BCUT2D eigenvalue weighted by Crippen LogP contribution is 2.43. The lowest BCUT2D eigenvalue weighted by atomic mass is 9.90. The standard InChI is InChI=1S/C16H21NO3S/c18-15(14-13(5-10-21-14)11-1-2-11)17-12-3-6-16(7-4-12)19-8-9-20-16/h5,10-12H,1-4,6-9H2,(H,17,18). The number of carbonyl (C=O) groups excluding carboxylic acids is 1. The van der Waals surface area contributed by atoms with Crippen molar-refractivity contribution in [3.05, 3.63) is 21.9 Å². The molecule has 3 fully saturated rings. The smallest absolute Gasteiger partial charge is 0.261 e. The van der Waals surface area contributed by atoms with E-state index in [2.05, 4.69) is 11.4 Å². The predicted molar refractivity (Wildman–Crippen MR) is 80.7 cm³/mol. The molecule has 0 unspecified atom stereocenters. The second kappa shape index (κ2) is 5.38. The second-order valence-electron chi connectivity index (χ2n) is 6.33. The molecule has 4 rings (SSSR count). The van der Waals surface area contributed by atoms with Crippen molar-refractivity contribution in [2.45, 2.75) is 56.3 Å². The molecule has 2 aliphatic carbocycles. The molecule has 2 saturated carbocycles. The molecule has 0 bridgehead atoms. The third kappa shape index (κ3) is 2.74. The topological polar surface area (TPSA) is 47.6 Å². The predicted octanol–water partition coefficient (Wildman–Crippen LogP) is 3.04. The number of rotatable bonds is 3. The van der Waals surface area contributed by atoms with Crippen molar-refractivity contribution in [3.63, 3.8) is 0 Å². The van der Waals surface area contributed by atoms with E-state index in [0.717, 1.165) is 30.6 Å². The van der Waals surface area contributed by atoms with Gasteiger partial charge in [0.05, 0.1) is 18.1 Å². The Bertz CT molecular complexity index is 521. The molecule has 0 atom stereocenters. The Morgan fingerprint density at radius 2 is 1.90 bits per heavy atom. The van der Waals surface area contributed by atoms with Gasteiger partial charge in [0.25, 0.3) is 5.91 Å². The van der Waals surface area contributed by atoms with Gasteiger partial charge in [-0.15, -0.1) is 11.3 Å². The molecule has 114 valence electrons. The molecule has 1 spiro atoms. The molecule has 3 aliphatic rings. The Labute approximate surface area is 128 Å². The summed E-state index contributed by atoms with van der Waals surface area (Å²) in [4.78, 5) is 13.4. The summed E-state index contributed by atoms with van der Waals surface area (Å²) in [5.41, 5.74) is 1.26. The van der Waals surface area contributed by atoms with Crippen LogP contribution in [0.2, 0.25) is 0 Å². The largest absolute Gasteiger partial charge is 0.349 e. The first-order valence-corrected chi connectivity index (χ1v) is 8.80. The van der Waals surface area contributed by atoms with Crippen LogP contribution < -0.4 is 5.32 Å². The van der Waals surface area contributed by atoms with E-state index in [-0.39, 0.29) is 17.7 Å². The van der Waals surface area contributed by atoms with Crippen molar-refractivity contribution < 1.29 is 14.3 Å². The third-order valence-corrected chi connectivity index (χ3v) is 5.74. The molecular weight excluding hydrogens is 286 g/mol. The van der Waals surface area contributed by atoms with Crippen LogP contribution in [0.15, 0.2) is 11.4 Å². The van der Waals surface area contributed by atoms with E-state index in [1.54, 1.807) is 11.3 Å². The normalized spacial score (nSPS) is 25.3. The highest BCUT2D eigenvalue weighted by atomic mass is 32.1. The van der Waals surface area contributed by atoms with Crippen molar-refractivity contribution in [1.82, 2.24) is 5.32 Å². The summed E-state index contributed by atoms with van der Waals surface area (Å²) in [7, 11) is 0. The Hall–Kier alpha value is -0.910. The van der Waals surface area contributed by atoms with E-state index in [1.165, 1.54) is 18.4 Å². The van der Waals surface area contributed by atoms with Crippen molar-refractivity contribution >= 4 is 17.2 Å². The molecule has 1 amide bonds. The van der Waals surface area contributed by atoms with Gasteiger partial charge in [0.1, 0.15) is 0 Å². The maximum absolute atomic E-state index is 12.5. The number of hydrogen-bond donors (Lipinski definition) is 1. The molecule has 4 nitrogen and oxygen atoms in total. The number of amides is 1. The van der Waals surface area contributed by atoms with Crippen LogP contribution in [0.1, 0.15) is 59.7 Å². The van der Waals surface area contributed by atoms with Gasteiger partial charge in [-0.1, -0.05) is 0 Å². The van der Waals surface area contributed by atoms with Gasteiger partial charge < -0.3 is 14.8 Å². The lowest BCUT2D eigenvalue weighted by Crippen LogP contribution is -2.44. The zero-order chi connectivity index (χ0) is 14.3. The molecule has 1 N–H and O–H groups in total. The highest BCUT2D eigenvalue weighted by Gasteiger charge is 2.40. The molecule has 0 aromatic carbocycles. The van der Waals surface area contributed by atoms with Crippen LogP contribution in [0.4, 0.5) is 0 Å². The van der Waals surface area contributed by atoms with Crippen LogP contribution >= 0.6 is 11.3 Å². The van der Waals surface area contributed by atoms with E-state index in [9.17, 15) is 4.79 Å². The summed E-state index contributed by atoms with van der Waals surface area (Å²) in [5, 5.41) is 5.25. The first-order chi connectivity index (χ1) is 10.3. The van der Waals surface area contributed by atoms with E-state index in [1.807, 2.05) is 5.38 Å². The van der Waals surface area contributed by atoms with E-state index in [0.29, 0.717) is 19.1 Å². The quantitative estimate of drug-likeness (QED) is 0.933. The summed E-state index contributed by atoms with van der Waals surface area (Å²) in [6, 6.07) is 2.37. The van der Waals surface area contributed by atoms with Gasteiger partial charge in [-0.2, -0.15) is 0 Å². The summed E-state index contributed by atoms with van der Waals surface area (Å²) < 4.78 is 11.5. The molecule has 21 heavy (non-hydrogen) atoms. The fourth-order valence-electron chi connectivity index (χ4n) is 3.46. The number of carbonyl (C=O) groups is 1. The minimum Gasteiger partial charge on any atom is -0.349 e. The van der Waals surface area contributed by atoms with Crippen LogP contribution in [0.25, 0.3) is 0 Å². The fraction of sp³-hybridized carbons (Fsp3) is 0.688. The Balaban J connectivity index is 1.36. The molecule has 2 heterocycles. The number of thiophene rings is 1. The maximum Gasteiger partial charge on any atom is 0.261 e. The number of hydrogen-bond acceptors (Lipinski definition) is 4. The molecule has 1 aliphatic heterocycles. The molecule has 5 heteroatoms.